The molecule has 0 aromatic heterocycles. The molecule has 2 N–H and O–H groups in total. The Hall–Kier alpha value is -0.660. The number of ether oxygens (including phenoxy) is 1. The molecule has 0 amide bonds. The second kappa shape index (κ2) is 5.60. The largest absolute Gasteiger partial charge is 0.468 e. The number of rotatable bonds is 7. The molecule has 7 heteroatoms. The van der Waals surface area contributed by atoms with E-state index in [0.717, 1.165) is 19.1 Å². The van der Waals surface area contributed by atoms with Crippen molar-refractivity contribution in [3.63, 3.8) is 0 Å². The molecule has 1 rings (SSSR count). The van der Waals surface area contributed by atoms with Crippen LogP contribution < -0.4 is 10.0 Å². The summed E-state index contributed by atoms with van der Waals surface area (Å²) >= 11 is 0. The van der Waals surface area contributed by atoms with E-state index >= 15 is 0 Å². The summed E-state index contributed by atoms with van der Waals surface area (Å²) in [5.74, 6) is 0.0625. The molecule has 0 heterocycles. The first-order valence-electron chi connectivity index (χ1n) is 5.20. The lowest BCUT2D eigenvalue weighted by Gasteiger charge is -2.15. The predicted molar refractivity (Wildman–Crippen MR) is 59.4 cm³/mol. The lowest BCUT2D eigenvalue weighted by Crippen LogP contribution is -2.43. The van der Waals surface area contributed by atoms with E-state index in [2.05, 4.69) is 14.8 Å². The molecule has 1 unspecified atom stereocenters. The Bertz CT molecular complexity index is 337. The van der Waals surface area contributed by atoms with Crippen molar-refractivity contribution in [2.75, 3.05) is 26.5 Å². The Kier molecular flexibility index (Phi) is 4.69. The first-order valence-corrected chi connectivity index (χ1v) is 7.09. The average Bonchev–Trinajstić information content (AvgIpc) is 2.99. The highest BCUT2D eigenvalue weighted by Gasteiger charge is 2.36. The van der Waals surface area contributed by atoms with Gasteiger partial charge in [0.25, 0.3) is 0 Å². The van der Waals surface area contributed by atoms with Crippen LogP contribution in [0, 0.1) is 5.92 Å². The number of hydrogen-bond donors (Lipinski definition) is 2. The lowest BCUT2D eigenvalue weighted by atomic mass is 10.2. The number of sulfonamides is 1. The van der Waals surface area contributed by atoms with Gasteiger partial charge in [-0.1, -0.05) is 0 Å². The van der Waals surface area contributed by atoms with Gasteiger partial charge in [0.05, 0.1) is 13.4 Å². The van der Waals surface area contributed by atoms with Gasteiger partial charge in [0, 0.05) is 13.1 Å². The number of nitrogens with one attached hydrogen (secondary N) is 2. The Morgan fingerprint density at radius 1 is 1.44 bits per heavy atom. The van der Waals surface area contributed by atoms with Crippen molar-refractivity contribution in [3.8, 4) is 0 Å². The summed E-state index contributed by atoms with van der Waals surface area (Å²) in [6.07, 6.45) is 3.14. The van der Waals surface area contributed by atoms with Crippen molar-refractivity contribution in [2.45, 2.75) is 18.9 Å². The second-order valence-corrected chi connectivity index (χ2v) is 5.79. The molecule has 1 saturated carbocycles. The predicted octanol–water partition coefficient (Wildman–Crippen LogP) is -0.923. The summed E-state index contributed by atoms with van der Waals surface area (Å²) in [5, 5.41) is 3.00. The van der Waals surface area contributed by atoms with Crippen molar-refractivity contribution in [3.05, 3.63) is 0 Å². The van der Waals surface area contributed by atoms with Crippen LogP contribution in [0.4, 0.5) is 0 Å². The molecule has 1 aliphatic rings. The average molecular weight is 250 g/mol. The van der Waals surface area contributed by atoms with Crippen LogP contribution in [-0.4, -0.2) is 46.9 Å². The molecular weight excluding hydrogens is 232 g/mol. The fraction of sp³-hybridized carbons (Fsp3) is 0.889. The molecule has 6 nitrogen and oxygen atoms in total. The number of carbonyl (C=O) groups excluding carboxylic acids is 1. The number of methoxy groups -OCH3 is 1. The van der Waals surface area contributed by atoms with Gasteiger partial charge in [-0.05, 0) is 18.8 Å². The molecule has 1 aliphatic carbocycles. The summed E-state index contributed by atoms with van der Waals surface area (Å²) in [4.78, 5) is 11.4. The molecule has 0 spiro atoms. The zero-order valence-corrected chi connectivity index (χ0v) is 10.3. The molecule has 0 aromatic carbocycles. The fourth-order valence-electron chi connectivity index (χ4n) is 1.46. The molecule has 94 valence electrons. The third-order valence-electron chi connectivity index (χ3n) is 2.40. The molecule has 16 heavy (non-hydrogen) atoms. The number of hydrogen-bond acceptors (Lipinski definition) is 5. The van der Waals surface area contributed by atoms with Crippen LogP contribution in [0.3, 0.4) is 0 Å². The fourth-order valence-corrected chi connectivity index (χ4v) is 1.94. The number of esters is 1. The standard InChI is InChI=1S/C9H18N2O4S/c1-15-9(12)8(7-3-4-7)10-5-6-11-16(2,13)14/h7-8,10-11H,3-6H2,1-2H3. The van der Waals surface area contributed by atoms with E-state index in [0.29, 0.717) is 12.5 Å². The normalized spacial score (nSPS) is 18.1. The molecular formula is C9H18N2O4S. The summed E-state index contributed by atoms with van der Waals surface area (Å²) < 4.78 is 28.6. The zero-order chi connectivity index (χ0) is 12.2. The topological polar surface area (TPSA) is 84.5 Å². The van der Waals surface area contributed by atoms with Crippen LogP contribution >= 0.6 is 0 Å². The molecule has 1 fully saturated rings. The van der Waals surface area contributed by atoms with Crippen LogP contribution in [0.5, 0.6) is 0 Å². The van der Waals surface area contributed by atoms with Crippen LogP contribution in [-0.2, 0) is 19.6 Å². The van der Waals surface area contributed by atoms with Gasteiger partial charge < -0.3 is 10.1 Å². The van der Waals surface area contributed by atoms with Crippen molar-refractivity contribution < 1.29 is 17.9 Å². The van der Waals surface area contributed by atoms with Gasteiger partial charge in [-0.25, -0.2) is 13.1 Å². The maximum absolute atomic E-state index is 11.4. The van der Waals surface area contributed by atoms with Gasteiger partial charge in [-0.2, -0.15) is 0 Å². The highest BCUT2D eigenvalue weighted by atomic mass is 32.2. The molecule has 0 aromatic rings. The molecule has 0 bridgehead atoms. The number of carbonyl (C=O) groups is 1. The smallest absolute Gasteiger partial charge is 0.323 e. The Balaban J connectivity index is 2.25. The monoisotopic (exact) mass is 250 g/mol. The van der Waals surface area contributed by atoms with Gasteiger partial charge in [0.1, 0.15) is 6.04 Å². The minimum absolute atomic E-state index is 0.276. The minimum atomic E-state index is -3.16. The van der Waals surface area contributed by atoms with Gasteiger partial charge >= 0.3 is 5.97 Å². The third-order valence-corrected chi connectivity index (χ3v) is 3.13. The highest BCUT2D eigenvalue weighted by molar-refractivity contribution is 7.88. The first-order chi connectivity index (χ1) is 7.44. The zero-order valence-electron chi connectivity index (χ0n) is 9.52. The molecule has 0 aliphatic heterocycles. The van der Waals surface area contributed by atoms with Crippen molar-refractivity contribution in [1.82, 2.24) is 10.0 Å². The van der Waals surface area contributed by atoms with Gasteiger partial charge in [-0.15, -0.1) is 0 Å². The highest BCUT2D eigenvalue weighted by Crippen LogP contribution is 2.32. The van der Waals surface area contributed by atoms with Gasteiger partial charge in [0.2, 0.25) is 10.0 Å². The second-order valence-electron chi connectivity index (χ2n) is 3.96. The summed E-state index contributed by atoms with van der Waals surface area (Å²) in [5.41, 5.74) is 0. The van der Waals surface area contributed by atoms with Crippen molar-refractivity contribution in [2.24, 2.45) is 5.92 Å². The van der Waals surface area contributed by atoms with Crippen molar-refractivity contribution in [1.29, 1.82) is 0 Å². The summed E-state index contributed by atoms with van der Waals surface area (Å²) in [6, 6.07) is -0.300. The van der Waals surface area contributed by atoms with E-state index in [1.54, 1.807) is 0 Å². The third kappa shape index (κ3) is 4.91. The Morgan fingerprint density at radius 3 is 2.50 bits per heavy atom. The lowest BCUT2D eigenvalue weighted by molar-refractivity contribution is -0.143. The Morgan fingerprint density at radius 2 is 2.06 bits per heavy atom. The van der Waals surface area contributed by atoms with E-state index in [9.17, 15) is 13.2 Å². The van der Waals surface area contributed by atoms with E-state index in [4.69, 9.17) is 0 Å². The van der Waals surface area contributed by atoms with Crippen LogP contribution in [0.2, 0.25) is 0 Å². The Labute approximate surface area is 95.8 Å². The van der Waals surface area contributed by atoms with Gasteiger partial charge in [-0.3, -0.25) is 4.79 Å². The van der Waals surface area contributed by atoms with E-state index < -0.39 is 10.0 Å². The maximum atomic E-state index is 11.4. The quantitative estimate of drug-likeness (QED) is 0.451. The summed E-state index contributed by atoms with van der Waals surface area (Å²) in [6.45, 7) is 0.697. The van der Waals surface area contributed by atoms with E-state index in [1.807, 2.05) is 0 Å². The van der Waals surface area contributed by atoms with Crippen LogP contribution in [0.25, 0.3) is 0 Å². The van der Waals surface area contributed by atoms with Crippen LogP contribution in [0.1, 0.15) is 12.8 Å². The van der Waals surface area contributed by atoms with E-state index in [-0.39, 0.29) is 18.6 Å². The minimum Gasteiger partial charge on any atom is -0.468 e. The summed E-state index contributed by atoms with van der Waals surface area (Å²) in [7, 11) is -1.80. The van der Waals surface area contributed by atoms with Crippen molar-refractivity contribution >= 4 is 16.0 Å². The molecule has 1 atom stereocenters. The SMILES string of the molecule is COC(=O)C(NCCNS(C)(=O)=O)C1CC1. The van der Waals surface area contributed by atoms with Gasteiger partial charge in [0.15, 0.2) is 0 Å². The first kappa shape index (κ1) is 13.4. The molecule has 0 radical (unpaired) electrons. The molecule has 0 saturated heterocycles. The van der Waals surface area contributed by atoms with E-state index in [1.165, 1.54) is 7.11 Å². The maximum Gasteiger partial charge on any atom is 0.323 e. The van der Waals surface area contributed by atoms with Crippen LogP contribution in [0.15, 0.2) is 0 Å².